The molecule has 1 unspecified atom stereocenters. The van der Waals surface area contributed by atoms with Crippen molar-refractivity contribution in [1.82, 2.24) is 4.98 Å². The van der Waals surface area contributed by atoms with Crippen LogP contribution in [-0.4, -0.2) is 21.5 Å². The first-order chi connectivity index (χ1) is 7.00. The van der Waals surface area contributed by atoms with E-state index in [1.165, 1.54) is 13.8 Å². The van der Waals surface area contributed by atoms with Gasteiger partial charge in [0.05, 0.1) is 11.6 Å². The zero-order valence-corrected chi connectivity index (χ0v) is 9.03. The molecule has 0 aliphatic heterocycles. The number of Topliss-reactive ketones (excluding diaryl/α,β-unsaturated/α-hetero) is 1. The van der Waals surface area contributed by atoms with Gasteiger partial charge in [-0.25, -0.2) is 0 Å². The Morgan fingerprint density at radius 1 is 1.60 bits per heavy atom. The van der Waals surface area contributed by atoms with Gasteiger partial charge in [-0.2, -0.15) is 0 Å². The molecule has 0 amide bonds. The molecule has 1 aromatic rings. The van der Waals surface area contributed by atoms with E-state index in [1.54, 1.807) is 6.20 Å². The largest absolute Gasteiger partial charge is 0.383 e. The molecule has 0 bridgehead atoms. The van der Waals surface area contributed by atoms with Gasteiger partial charge in [0.1, 0.15) is 5.60 Å². The first-order valence-corrected chi connectivity index (χ1v) is 5.20. The molecule has 1 heterocycles. The van der Waals surface area contributed by atoms with Crippen molar-refractivity contribution < 1.29 is 9.90 Å². The number of rotatable bonds is 2. The minimum absolute atomic E-state index is 0.125. The number of carbonyl (C=O) groups excluding carboxylic acids is 1. The van der Waals surface area contributed by atoms with Gasteiger partial charge in [-0.1, -0.05) is 6.07 Å². The average Bonchev–Trinajstić information content (AvgIpc) is 2.58. The van der Waals surface area contributed by atoms with Gasteiger partial charge >= 0.3 is 0 Å². The number of aryl methyl sites for hydroxylation is 1. The molecule has 2 rings (SSSR count). The topological polar surface area (TPSA) is 50.2 Å². The molecule has 3 heteroatoms. The second-order valence-electron chi connectivity index (χ2n) is 4.56. The van der Waals surface area contributed by atoms with Crippen LogP contribution in [0.15, 0.2) is 18.3 Å². The molecule has 1 atom stereocenters. The maximum atomic E-state index is 11.9. The van der Waals surface area contributed by atoms with Crippen LogP contribution in [0.4, 0.5) is 0 Å². The molecule has 0 radical (unpaired) electrons. The van der Waals surface area contributed by atoms with E-state index in [2.05, 4.69) is 4.98 Å². The van der Waals surface area contributed by atoms with Gasteiger partial charge in [0, 0.05) is 6.20 Å². The van der Waals surface area contributed by atoms with Crippen molar-refractivity contribution in [3.63, 3.8) is 0 Å². The number of hydrogen-bond donors (Lipinski definition) is 1. The third-order valence-corrected chi connectivity index (χ3v) is 2.88. The Hall–Kier alpha value is -1.22. The number of hydrogen-bond acceptors (Lipinski definition) is 3. The van der Waals surface area contributed by atoms with E-state index < -0.39 is 5.60 Å². The molecular formula is C12H15NO2. The van der Waals surface area contributed by atoms with E-state index in [-0.39, 0.29) is 11.7 Å². The lowest BCUT2D eigenvalue weighted by atomic mass is 9.90. The molecule has 0 spiro atoms. The lowest BCUT2D eigenvalue weighted by Gasteiger charge is -2.20. The monoisotopic (exact) mass is 205 g/mol. The smallest absolute Gasteiger partial charge is 0.172 e. The van der Waals surface area contributed by atoms with E-state index in [0.717, 1.165) is 24.1 Å². The summed E-state index contributed by atoms with van der Waals surface area (Å²) >= 11 is 0. The van der Waals surface area contributed by atoms with Crippen LogP contribution < -0.4 is 0 Å². The highest BCUT2D eigenvalue weighted by Gasteiger charge is 2.37. The van der Waals surface area contributed by atoms with Gasteiger partial charge < -0.3 is 5.11 Å². The summed E-state index contributed by atoms with van der Waals surface area (Å²) in [7, 11) is 0. The molecule has 1 aromatic heterocycles. The SMILES string of the molecule is CC(C)(O)C(=O)C1CCc2cccnc21. The van der Waals surface area contributed by atoms with Crippen LogP contribution >= 0.6 is 0 Å². The fourth-order valence-corrected chi connectivity index (χ4v) is 2.09. The minimum Gasteiger partial charge on any atom is -0.383 e. The quantitative estimate of drug-likeness (QED) is 0.795. The number of aromatic nitrogens is 1. The Balaban J connectivity index is 2.32. The summed E-state index contributed by atoms with van der Waals surface area (Å²) in [5.74, 6) is -0.346. The Labute approximate surface area is 89.2 Å². The van der Waals surface area contributed by atoms with Crippen LogP contribution in [0, 0.1) is 0 Å². The van der Waals surface area contributed by atoms with E-state index in [0.29, 0.717) is 0 Å². The van der Waals surface area contributed by atoms with Gasteiger partial charge in [-0.05, 0) is 38.3 Å². The molecule has 80 valence electrons. The summed E-state index contributed by atoms with van der Waals surface area (Å²) in [6.07, 6.45) is 3.36. The van der Waals surface area contributed by atoms with Crippen LogP contribution in [0.1, 0.15) is 37.4 Å². The number of nitrogens with zero attached hydrogens (tertiary/aromatic N) is 1. The van der Waals surface area contributed by atoms with E-state index in [9.17, 15) is 9.90 Å². The molecule has 0 fully saturated rings. The maximum absolute atomic E-state index is 11.9. The summed E-state index contributed by atoms with van der Waals surface area (Å²) in [4.78, 5) is 16.2. The minimum atomic E-state index is -1.26. The standard InChI is InChI=1S/C12H15NO2/c1-12(2,15)11(14)9-6-5-8-4-3-7-13-10(8)9/h3-4,7,9,15H,5-6H2,1-2H3. The van der Waals surface area contributed by atoms with Crippen molar-refractivity contribution in [3.05, 3.63) is 29.6 Å². The van der Waals surface area contributed by atoms with E-state index in [4.69, 9.17) is 0 Å². The third-order valence-electron chi connectivity index (χ3n) is 2.88. The Morgan fingerprint density at radius 2 is 2.33 bits per heavy atom. The zero-order chi connectivity index (χ0) is 11.1. The molecule has 0 aromatic carbocycles. The van der Waals surface area contributed by atoms with Gasteiger partial charge in [-0.15, -0.1) is 0 Å². The molecule has 1 aliphatic carbocycles. The van der Waals surface area contributed by atoms with Crippen molar-refractivity contribution in [2.24, 2.45) is 0 Å². The second kappa shape index (κ2) is 3.42. The zero-order valence-electron chi connectivity index (χ0n) is 9.03. The van der Waals surface area contributed by atoms with Gasteiger partial charge in [0.25, 0.3) is 0 Å². The van der Waals surface area contributed by atoms with Gasteiger partial charge in [-0.3, -0.25) is 9.78 Å². The molecule has 1 N–H and O–H groups in total. The summed E-state index contributed by atoms with van der Waals surface area (Å²) < 4.78 is 0. The average molecular weight is 205 g/mol. The Morgan fingerprint density at radius 3 is 3.00 bits per heavy atom. The molecule has 0 saturated heterocycles. The molecule has 3 nitrogen and oxygen atoms in total. The molecular weight excluding hydrogens is 190 g/mol. The van der Waals surface area contributed by atoms with Crippen molar-refractivity contribution in [1.29, 1.82) is 0 Å². The second-order valence-corrected chi connectivity index (χ2v) is 4.56. The fraction of sp³-hybridized carbons (Fsp3) is 0.500. The van der Waals surface area contributed by atoms with Crippen LogP contribution in [-0.2, 0) is 11.2 Å². The van der Waals surface area contributed by atoms with Crippen molar-refractivity contribution in [3.8, 4) is 0 Å². The summed E-state index contributed by atoms with van der Waals surface area (Å²) in [5.41, 5.74) is 0.730. The van der Waals surface area contributed by atoms with Crippen LogP contribution in [0.25, 0.3) is 0 Å². The van der Waals surface area contributed by atoms with Crippen LogP contribution in [0.2, 0.25) is 0 Å². The van der Waals surface area contributed by atoms with E-state index >= 15 is 0 Å². The van der Waals surface area contributed by atoms with E-state index in [1.807, 2.05) is 12.1 Å². The Kier molecular flexibility index (Phi) is 2.35. The highest BCUT2D eigenvalue weighted by Crippen LogP contribution is 2.34. The molecule has 15 heavy (non-hydrogen) atoms. The lowest BCUT2D eigenvalue weighted by Crippen LogP contribution is -2.35. The van der Waals surface area contributed by atoms with Crippen molar-refractivity contribution in [2.45, 2.75) is 38.2 Å². The number of ketones is 1. The van der Waals surface area contributed by atoms with Crippen molar-refractivity contribution >= 4 is 5.78 Å². The van der Waals surface area contributed by atoms with Gasteiger partial charge in [0.2, 0.25) is 0 Å². The first kappa shape index (κ1) is 10.3. The summed E-state index contributed by atoms with van der Waals surface area (Å²) in [6, 6.07) is 3.88. The van der Waals surface area contributed by atoms with Crippen LogP contribution in [0.3, 0.4) is 0 Å². The summed E-state index contributed by atoms with van der Waals surface area (Å²) in [5, 5.41) is 9.69. The highest BCUT2D eigenvalue weighted by atomic mass is 16.3. The highest BCUT2D eigenvalue weighted by molar-refractivity contribution is 5.92. The lowest BCUT2D eigenvalue weighted by molar-refractivity contribution is -0.135. The Bertz CT molecular complexity index is 393. The maximum Gasteiger partial charge on any atom is 0.172 e. The summed E-state index contributed by atoms with van der Waals surface area (Å²) in [6.45, 7) is 3.08. The number of carbonyl (C=O) groups is 1. The van der Waals surface area contributed by atoms with Gasteiger partial charge in [0.15, 0.2) is 5.78 Å². The number of aliphatic hydroxyl groups is 1. The normalized spacial score (nSPS) is 20.1. The molecule has 0 saturated carbocycles. The predicted octanol–water partition coefficient (Wildman–Crippen LogP) is 1.45. The molecule has 1 aliphatic rings. The van der Waals surface area contributed by atoms with Crippen molar-refractivity contribution in [2.75, 3.05) is 0 Å². The number of fused-ring (bicyclic) bond motifs is 1. The first-order valence-electron chi connectivity index (χ1n) is 5.20. The number of pyridine rings is 1. The van der Waals surface area contributed by atoms with Crippen LogP contribution in [0.5, 0.6) is 0 Å². The fourth-order valence-electron chi connectivity index (χ4n) is 2.09. The predicted molar refractivity (Wildman–Crippen MR) is 56.6 cm³/mol. The third kappa shape index (κ3) is 1.79.